The zero-order chi connectivity index (χ0) is 15.0. The fourth-order valence-electron chi connectivity index (χ4n) is 1.67. The largest absolute Gasteiger partial charge is 0.266 e. The standard InChI is InChI=1S/C12H7Cl2N3O2S2/c13-7-1-2-9-10(5-7)20-12(16-9)17-21(18,19)11-6-15-4-3-8(11)14/h1-6H,(H,16,17). The molecule has 3 aromatic rings. The van der Waals surface area contributed by atoms with E-state index in [-0.39, 0.29) is 15.0 Å². The molecule has 2 aromatic heterocycles. The third-order valence-corrected chi connectivity index (χ3v) is 5.70. The number of aromatic nitrogens is 2. The molecule has 5 nitrogen and oxygen atoms in total. The second-order valence-electron chi connectivity index (χ2n) is 4.04. The minimum atomic E-state index is -3.83. The lowest BCUT2D eigenvalue weighted by Crippen LogP contribution is -2.13. The summed E-state index contributed by atoms with van der Waals surface area (Å²) in [7, 11) is -3.83. The summed E-state index contributed by atoms with van der Waals surface area (Å²) in [6, 6.07) is 6.56. The van der Waals surface area contributed by atoms with Crippen LogP contribution >= 0.6 is 34.5 Å². The Morgan fingerprint density at radius 1 is 1.19 bits per heavy atom. The van der Waals surface area contributed by atoms with Crippen molar-refractivity contribution in [1.82, 2.24) is 9.97 Å². The molecular formula is C12H7Cl2N3O2S2. The fraction of sp³-hybridized carbons (Fsp3) is 0. The molecule has 108 valence electrons. The van der Waals surface area contributed by atoms with Gasteiger partial charge in [0.15, 0.2) is 5.13 Å². The Hall–Kier alpha value is -1.41. The lowest BCUT2D eigenvalue weighted by Gasteiger charge is -2.05. The molecule has 0 saturated heterocycles. The molecule has 0 fully saturated rings. The molecule has 2 heterocycles. The summed E-state index contributed by atoms with van der Waals surface area (Å²) in [6.45, 7) is 0. The van der Waals surface area contributed by atoms with Gasteiger partial charge in [-0.15, -0.1) is 0 Å². The Kier molecular flexibility index (Phi) is 3.75. The van der Waals surface area contributed by atoms with E-state index in [4.69, 9.17) is 23.2 Å². The quantitative estimate of drug-likeness (QED) is 0.771. The molecule has 0 aliphatic rings. The summed E-state index contributed by atoms with van der Waals surface area (Å²) in [5, 5.41) is 0.907. The molecule has 0 amide bonds. The number of rotatable bonds is 3. The topological polar surface area (TPSA) is 72.0 Å². The van der Waals surface area contributed by atoms with Crippen LogP contribution in [0.3, 0.4) is 0 Å². The number of nitrogens with one attached hydrogen (secondary N) is 1. The third kappa shape index (κ3) is 2.96. The number of hydrogen-bond acceptors (Lipinski definition) is 5. The van der Waals surface area contributed by atoms with Crippen LogP contribution in [0, 0.1) is 0 Å². The van der Waals surface area contributed by atoms with Crippen molar-refractivity contribution >= 4 is 59.9 Å². The number of halogens is 2. The fourth-order valence-corrected chi connectivity index (χ4v) is 4.48. The van der Waals surface area contributed by atoms with Crippen LogP contribution in [-0.4, -0.2) is 18.4 Å². The predicted molar refractivity (Wildman–Crippen MR) is 84.7 cm³/mol. The van der Waals surface area contributed by atoms with Crippen molar-refractivity contribution in [2.75, 3.05) is 4.72 Å². The van der Waals surface area contributed by atoms with Gasteiger partial charge in [0.05, 0.1) is 15.2 Å². The van der Waals surface area contributed by atoms with Crippen LogP contribution in [0.2, 0.25) is 10.0 Å². The van der Waals surface area contributed by atoms with Crippen molar-refractivity contribution < 1.29 is 8.42 Å². The number of anilines is 1. The molecule has 0 spiro atoms. The van der Waals surface area contributed by atoms with Crippen LogP contribution in [0.4, 0.5) is 5.13 Å². The molecule has 3 rings (SSSR count). The average molecular weight is 360 g/mol. The van der Waals surface area contributed by atoms with Crippen LogP contribution in [0.25, 0.3) is 10.2 Å². The summed E-state index contributed by atoms with van der Waals surface area (Å²) in [5.41, 5.74) is 0.666. The molecule has 9 heteroatoms. The maximum Gasteiger partial charge on any atom is 0.266 e. The van der Waals surface area contributed by atoms with Crippen LogP contribution < -0.4 is 4.72 Å². The van der Waals surface area contributed by atoms with E-state index in [0.29, 0.717) is 10.5 Å². The molecule has 0 saturated carbocycles. The first-order chi connectivity index (χ1) is 9.95. The highest BCUT2D eigenvalue weighted by Gasteiger charge is 2.20. The lowest BCUT2D eigenvalue weighted by molar-refractivity contribution is 0.601. The molecule has 0 bridgehead atoms. The number of thiazole rings is 1. The van der Waals surface area contributed by atoms with Crippen molar-refractivity contribution in [3.63, 3.8) is 0 Å². The van der Waals surface area contributed by atoms with Gasteiger partial charge in [0.25, 0.3) is 10.0 Å². The first kappa shape index (κ1) is 14.5. The highest BCUT2D eigenvalue weighted by Crippen LogP contribution is 2.30. The van der Waals surface area contributed by atoms with Gasteiger partial charge in [0, 0.05) is 17.4 Å². The van der Waals surface area contributed by atoms with Crippen molar-refractivity contribution in [2.24, 2.45) is 0 Å². The predicted octanol–water partition coefficient (Wildman–Crippen LogP) is 3.80. The number of sulfonamides is 1. The van der Waals surface area contributed by atoms with Crippen molar-refractivity contribution in [3.05, 3.63) is 46.7 Å². The van der Waals surface area contributed by atoms with Gasteiger partial charge < -0.3 is 0 Å². The SMILES string of the molecule is O=S(=O)(Nc1nc2ccc(Cl)cc2s1)c1cnccc1Cl. The molecular weight excluding hydrogens is 353 g/mol. The van der Waals surface area contributed by atoms with E-state index < -0.39 is 10.0 Å². The Morgan fingerprint density at radius 2 is 2.00 bits per heavy atom. The summed E-state index contributed by atoms with van der Waals surface area (Å²) in [5.74, 6) is 0. The first-order valence-corrected chi connectivity index (χ1v) is 8.70. The van der Waals surface area contributed by atoms with Crippen molar-refractivity contribution in [2.45, 2.75) is 4.90 Å². The molecule has 0 atom stereocenters. The maximum absolute atomic E-state index is 12.3. The monoisotopic (exact) mass is 359 g/mol. The van der Waals surface area contributed by atoms with E-state index in [9.17, 15) is 8.42 Å². The Balaban J connectivity index is 1.99. The summed E-state index contributed by atoms with van der Waals surface area (Å²) < 4.78 is 27.7. The average Bonchev–Trinajstić information content (AvgIpc) is 2.79. The van der Waals surface area contributed by atoms with Gasteiger partial charge in [-0.1, -0.05) is 34.5 Å². The lowest BCUT2D eigenvalue weighted by atomic mass is 10.3. The molecule has 1 N–H and O–H groups in total. The second kappa shape index (κ2) is 5.42. The first-order valence-electron chi connectivity index (χ1n) is 5.64. The van der Waals surface area contributed by atoms with Crippen molar-refractivity contribution in [3.8, 4) is 0 Å². The molecule has 21 heavy (non-hydrogen) atoms. The van der Waals surface area contributed by atoms with Crippen LogP contribution in [-0.2, 0) is 10.0 Å². The van der Waals surface area contributed by atoms with E-state index >= 15 is 0 Å². The zero-order valence-electron chi connectivity index (χ0n) is 10.2. The van der Waals surface area contributed by atoms with Gasteiger partial charge in [-0.2, -0.15) is 0 Å². The highest BCUT2D eigenvalue weighted by atomic mass is 35.5. The van der Waals surface area contributed by atoms with E-state index in [0.717, 1.165) is 4.70 Å². The van der Waals surface area contributed by atoms with Gasteiger partial charge in [-0.05, 0) is 24.3 Å². The van der Waals surface area contributed by atoms with Gasteiger partial charge in [0.1, 0.15) is 4.90 Å². The molecule has 0 radical (unpaired) electrons. The summed E-state index contributed by atoms with van der Waals surface area (Å²) in [6.07, 6.45) is 2.61. The van der Waals surface area contributed by atoms with Gasteiger partial charge in [0.2, 0.25) is 0 Å². The zero-order valence-corrected chi connectivity index (χ0v) is 13.4. The van der Waals surface area contributed by atoms with E-state index in [2.05, 4.69) is 14.7 Å². The Morgan fingerprint density at radius 3 is 2.76 bits per heavy atom. The summed E-state index contributed by atoms with van der Waals surface area (Å²) >= 11 is 13.0. The molecule has 0 aliphatic carbocycles. The number of benzene rings is 1. The molecule has 0 aliphatic heterocycles. The van der Waals surface area contributed by atoms with Crippen LogP contribution in [0.1, 0.15) is 0 Å². The smallest absolute Gasteiger partial charge is 0.263 e. The second-order valence-corrected chi connectivity index (χ2v) is 7.57. The number of pyridine rings is 1. The highest BCUT2D eigenvalue weighted by molar-refractivity contribution is 7.93. The number of fused-ring (bicyclic) bond motifs is 1. The number of hydrogen-bond donors (Lipinski definition) is 1. The Labute approximate surface area is 134 Å². The summed E-state index contributed by atoms with van der Waals surface area (Å²) in [4.78, 5) is 7.88. The molecule has 1 aromatic carbocycles. The van der Waals surface area contributed by atoms with Crippen LogP contribution in [0.5, 0.6) is 0 Å². The van der Waals surface area contributed by atoms with Crippen LogP contribution in [0.15, 0.2) is 41.6 Å². The minimum absolute atomic E-state index is 0.0936. The van der Waals surface area contributed by atoms with E-state index in [1.54, 1.807) is 18.2 Å². The minimum Gasteiger partial charge on any atom is -0.263 e. The third-order valence-electron chi connectivity index (χ3n) is 2.60. The molecule has 0 unspecified atom stereocenters. The van der Waals surface area contributed by atoms with Gasteiger partial charge in [-0.25, -0.2) is 13.4 Å². The number of nitrogens with zero attached hydrogens (tertiary/aromatic N) is 2. The normalized spacial score (nSPS) is 11.7. The van der Waals surface area contributed by atoms with E-state index in [1.165, 1.54) is 29.8 Å². The van der Waals surface area contributed by atoms with Gasteiger partial charge >= 0.3 is 0 Å². The van der Waals surface area contributed by atoms with Gasteiger partial charge in [-0.3, -0.25) is 9.71 Å². The maximum atomic E-state index is 12.3. The van der Waals surface area contributed by atoms with E-state index in [1.807, 2.05) is 0 Å². The van der Waals surface area contributed by atoms with Crippen molar-refractivity contribution in [1.29, 1.82) is 0 Å². The Bertz CT molecular complexity index is 925.